The van der Waals surface area contributed by atoms with Gasteiger partial charge in [-0.05, 0) is 39.3 Å². The summed E-state index contributed by atoms with van der Waals surface area (Å²) in [5.41, 5.74) is 0. The maximum Gasteiger partial charge on any atom is 0.244 e. The van der Waals surface area contributed by atoms with Gasteiger partial charge in [-0.3, -0.25) is 19.6 Å². The van der Waals surface area contributed by atoms with E-state index < -0.39 is 12.0 Å². The van der Waals surface area contributed by atoms with Crippen LogP contribution in [0.1, 0.15) is 45.4 Å². The maximum atomic E-state index is 12.6. The lowest BCUT2D eigenvalue weighted by molar-refractivity contribution is -0.155. The van der Waals surface area contributed by atoms with Gasteiger partial charge in [-0.25, -0.2) is 5.06 Å². The van der Waals surface area contributed by atoms with Crippen LogP contribution in [0.2, 0.25) is 0 Å². The number of likely N-dealkylation sites (N-methyl/N-ethyl adjacent to an activating group) is 1. The molecule has 0 saturated carbocycles. The summed E-state index contributed by atoms with van der Waals surface area (Å²) in [5.74, 6) is -0.989. The van der Waals surface area contributed by atoms with E-state index in [0.717, 1.165) is 32.2 Å². The topological polar surface area (TPSA) is 102 Å². The quantitative estimate of drug-likeness (QED) is 0.183. The molecule has 0 rings (SSSR count). The van der Waals surface area contributed by atoms with Crippen LogP contribution in [0, 0.1) is 5.92 Å². The minimum Gasteiger partial charge on any atom is -0.347 e. The summed E-state index contributed by atoms with van der Waals surface area (Å²) in [5, 5.41) is 15.8. The molecular weight excluding hydrogens is 324 g/mol. The number of hydrogen-bond donors (Lipinski definition) is 3. The summed E-state index contributed by atoms with van der Waals surface area (Å²) < 4.78 is 0. The van der Waals surface area contributed by atoms with Crippen molar-refractivity contribution in [3.8, 4) is 0 Å². The van der Waals surface area contributed by atoms with E-state index in [0.29, 0.717) is 17.9 Å². The Kier molecular flexibility index (Phi) is 12.7. The number of carbonyl (C=O) groups is 3. The molecule has 3 N–H and O–H groups in total. The lowest BCUT2D eigenvalue weighted by Gasteiger charge is -2.25. The van der Waals surface area contributed by atoms with E-state index in [9.17, 15) is 19.6 Å². The summed E-state index contributed by atoms with van der Waals surface area (Å²) in [4.78, 5) is 37.0. The van der Waals surface area contributed by atoms with Crippen molar-refractivity contribution in [1.29, 1.82) is 0 Å². The number of unbranched alkanes of at least 4 members (excludes halogenated alkanes) is 2. The molecule has 0 saturated heterocycles. The maximum absolute atomic E-state index is 12.6. The average Bonchev–Trinajstić information content (AvgIpc) is 2.59. The Balaban J connectivity index is 4.89. The van der Waals surface area contributed by atoms with E-state index >= 15 is 0 Å². The van der Waals surface area contributed by atoms with Crippen molar-refractivity contribution < 1.29 is 19.6 Å². The lowest BCUT2D eigenvalue weighted by Crippen LogP contribution is -2.49. The van der Waals surface area contributed by atoms with Crippen molar-refractivity contribution in [3.63, 3.8) is 0 Å². The van der Waals surface area contributed by atoms with Gasteiger partial charge in [0.05, 0.1) is 12.5 Å². The zero-order valence-electron chi connectivity index (χ0n) is 16.0. The van der Waals surface area contributed by atoms with Crippen LogP contribution < -0.4 is 10.6 Å². The van der Waals surface area contributed by atoms with Gasteiger partial charge in [-0.15, -0.1) is 0 Å². The van der Waals surface area contributed by atoms with Gasteiger partial charge in [-0.2, -0.15) is 0 Å². The molecule has 0 aliphatic carbocycles. The summed E-state index contributed by atoms with van der Waals surface area (Å²) >= 11 is 0. The second-order valence-corrected chi connectivity index (χ2v) is 6.46. The summed E-state index contributed by atoms with van der Waals surface area (Å²) in [7, 11) is 5.19. The van der Waals surface area contributed by atoms with Gasteiger partial charge in [-0.1, -0.05) is 19.8 Å². The highest BCUT2D eigenvalue weighted by molar-refractivity contribution is 5.88. The van der Waals surface area contributed by atoms with E-state index in [1.54, 1.807) is 14.1 Å². The van der Waals surface area contributed by atoms with Gasteiger partial charge in [0.2, 0.25) is 18.2 Å². The fourth-order valence-electron chi connectivity index (χ4n) is 2.53. The molecule has 0 aromatic rings. The van der Waals surface area contributed by atoms with Crippen LogP contribution in [-0.2, 0) is 14.4 Å². The molecule has 0 bridgehead atoms. The molecule has 146 valence electrons. The van der Waals surface area contributed by atoms with Gasteiger partial charge in [0, 0.05) is 14.1 Å². The Morgan fingerprint density at radius 2 is 1.84 bits per heavy atom. The first-order valence-electron chi connectivity index (χ1n) is 8.94. The van der Waals surface area contributed by atoms with Crippen LogP contribution in [0.3, 0.4) is 0 Å². The van der Waals surface area contributed by atoms with Gasteiger partial charge in [0.25, 0.3) is 0 Å². The first-order valence-corrected chi connectivity index (χ1v) is 8.94. The molecule has 0 aliphatic rings. The van der Waals surface area contributed by atoms with Crippen molar-refractivity contribution in [2.24, 2.45) is 5.92 Å². The number of amides is 3. The van der Waals surface area contributed by atoms with E-state index in [1.807, 2.05) is 14.0 Å². The Labute approximate surface area is 150 Å². The molecule has 2 atom stereocenters. The number of nitrogens with zero attached hydrogens (tertiary/aromatic N) is 2. The van der Waals surface area contributed by atoms with E-state index in [-0.39, 0.29) is 24.8 Å². The number of rotatable bonds is 14. The van der Waals surface area contributed by atoms with Crippen molar-refractivity contribution in [3.05, 3.63) is 0 Å². The van der Waals surface area contributed by atoms with Crippen LogP contribution in [0.25, 0.3) is 0 Å². The third-order valence-corrected chi connectivity index (χ3v) is 4.03. The zero-order valence-corrected chi connectivity index (χ0v) is 16.0. The summed E-state index contributed by atoms with van der Waals surface area (Å²) in [6.07, 6.45) is 4.83. The molecule has 0 spiro atoms. The molecule has 0 unspecified atom stereocenters. The van der Waals surface area contributed by atoms with E-state index in [1.165, 1.54) is 4.90 Å². The number of hydrogen-bond acceptors (Lipinski definition) is 5. The lowest BCUT2D eigenvalue weighted by atomic mass is 9.99. The Bertz CT molecular complexity index is 404. The summed E-state index contributed by atoms with van der Waals surface area (Å²) in [6.45, 7) is 2.79. The highest BCUT2D eigenvalue weighted by atomic mass is 16.5. The molecule has 3 amide bonds. The van der Waals surface area contributed by atoms with Crippen LogP contribution in [0.15, 0.2) is 0 Å². The number of hydroxylamine groups is 2. The van der Waals surface area contributed by atoms with Crippen LogP contribution in [0.5, 0.6) is 0 Å². The predicted octanol–water partition coefficient (Wildman–Crippen LogP) is 0.603. The molecule has 0 aliphatic heterocycles. The molecule has 25 heavy (non-hydrogen) atoms. The standard InChI is InChI=1S/C17H34N4O4/c1-5-6-9-14(12-21(25)13-22)16(23)19-15(17(24)20(3)4)10-7-8-11-18-2/h13-15,18,25H,5-12H2,1-4H3,(H,19,23)/t14-,15+/m1/s1. The minimum absolute atomic E-state index is 0.0715. The van der Waals surface area contributed by atoms with Crippen LogP contribution >= 0.6 is 0 Å². The van der Waals surface area contributed by atoms with Gasteiger partial charge < -0.3 is 15.5 Å². The first kappa shape index (κ1) is 23.3. The van der Waals surface area contributed by atoms with Gasteiger partial charge in [0.15, 0.2) is 0 Å². The largest absolute Gasteiger partial charge is 0.347 e. The fraction of sp³-hybridized carbons (Fsp3) is 0.824. The molecule has 0 heterocycles. The van der Waals surface area contributed by atoms with Crippen LogP contribution in [0.4, 0.5) is 0 Å². The molecular formula is C17H34N4O4. The smallest absolute Gasteiger partial charge is 0.244 e. The second-order valence-electron chi connectivity index (χ2n) is 6.46. The van der Waals surface area contributed by atoms with Crippen molar-refractivity contribution in [2.75, 3.05) is 34.2 Å². The molecule has 0 aromatic heterocycles. The highest BCUT2D eigenvalue weighted by Gasteiger charge is 2.27. The van der Waals surface area contributed by atoms with Crippen molar-refractivity contribution >= 4 is 18.2 Å². The molecule has 8 heteroatoms. The zero-order chi connectivity index (χ0) is 19.2. The Hall–Kier alpha value is -1.67. The first-order chi connectivity index (χ1) is 11.9. The van der Waals surface area contributed by atoms with E-state index in [2.05, 4.69) is 10.6 Å². The second kappa shape index (κ2) is 13.6. The van der Waals surface area contributed by atoms with Gasteiger partial charge in [0.1, 0.15) is 6.04 Å². The Morgan fingerprint density at radius 3 is 2.36 bits per heavy atom. The molecule has 0 fully saturated rings. The van der Waals surface area contributed by atoms with Gasteiger partial charge >= 0.3 is 0 Å². The highest BCUT2D eigenvalue weighted by Crippen LogP contribution is 2.12. The SMILES string of the molecule is CCCC[C@H](CN(O)C=O)C(=O)N[C@@H](CCCCNC)C(=O)N(C)C. The summed E-state index contributed by atoms with van der Waals surface area (Å²) in [6, 6.07) is -0.591. The third kappa shape index (κ3) is 10.0. The molecule has 0 radical (unpaired) electrons. The molecule has 8 nitrogen and oxygen atoms in total. The Morgan fingerprint density at radius 1 is 1.16 bits per heavy atom. The fourth-order valence-corrected chi connectivity index (χ4v) is 2.53. The third-order valence-electron chi connectivity index (χ3n) is 4.03. The van der Waals surface area contributed by atoms with E-state index in [4.69, 9.17) is 0 Å². The average molecular weight is 358 g/mol. The van der Waals surface area contributed by atoms with Crippen LogP contribution in [-0.4, -0.2) is 73.7 Å². The monoisotopic (exact) mass is 358 g/mol. The number of nitrogens with one attached hydrogen (secondary N) is 2. The van der Waals surface area contributed by atoms with Crippen molar-refractivity contribution in [2.45, 2.75) is 51.5 Å². The predicted molar refractivity (Wildman–Crippen MR) is 96.0 cm³/mol. The minimum atomic E-state index is -0.591. The molecule has 0 aromatic carbocycles. The normalized spacial score (nSPS) is 13.0. The number of carbonyl (C=O) groups excluding carboxylic acids is 3. The van der Waals surface area contributed by atoms with Crippen molar-refractivity contribution in [1.82, 2.24) is 20.6 Å².